The van der Waals surface area contributed by atoms with Gasteiger partial charge in [0.05, 0.1) is 22.8 Å². The summed E-state index contributed by atoms with van der Waals surface area (Å²) in [5.41, 5.74) is 10.0. The maximum absolute atomic E-state index is 4.84. The predicted molar refractivity (Wildman–Crippen MR) is 248 cm³/mol. The van der Waals surface area contributed by atoms with Crippen molar-refractivity contribution in [3.05, 3.63) is 108 Å². The molecule has 0 spiro atoms. The third-order valence-corrected chi connectivity index (χ3v) is 14.8. The normalized spacial score (nSPS) is 13.4. The van der Waals surface area contributed by atoms with Gasteiger partial charge in [-0.2, -0.15) is 8.75 Å². The Hall–Kier alpha value is -4.36. The lowest BCUT2D eigenvalue weighted by Crippen LogP contribution is -2.11. The number of fused-ring (bicyclic) bond motifs is 9. The van der Waals surface area contributed by atoms with Crippen molar-refractivity contribution in [2.24, 2.45) is 5.92 Å². The van der Waals surface area contributed by atoms with E-state index in [-0.39, 0.29) is 10.8 Å². The average molecular weight is 790 g/mol. The molecule has 1 atom stereocenters. The van der Waals surface area contributed by atoms with Crippen LogP contribution in [0.2, 0.25) is 0 Å². The predicted octanol–water partition coefficient (Wildman–Crippen LogP) is 16.2. The number of thiophene rings is 2. The van der Waals surface area contributed by atoms with E-state index in [1.807, 2.05) is 22.7 Å². The summed E-state index contributed by atoms with van der Waals surface area (Å²) < 4.78 is 12.4. The zero-order valence-electron chi connectivity index (χ0n) is 34.1. The van der Waals surface area contributed by atoms with Gasteiger partial charge >= 0.3 is 0 Å². The van der Waals surface area contributed by atoms with Crippen LogP contribution in [0.15, 0.2) is 97.1 Å². The monoisotopic (exact) mass is 789 g/mol. The lowest BCUT2D eigenvalue weighted by Gasteiger charge is -2.23. The Balaban J connectivity index is 1.15. The standard InChI is InChI=1S/C50H51N3S3/c1-10-11-34(24-29(2)3)53-41-26-31(13-17-37(41)38-18-14-32(27-42(38)53)45-22-23-46(55-45)50(7,8)9)44-21-20-43(54-44)30-12-16-35-36-19-15-33(49(4,5)6)28-40(36)48-47(39(35)25-30)51-56-52-48/h12-23,25-29,34H,10-11,24H2,1-9H3. The summed E-state index contributed by atoms with van der Waals surface area (Å²) in [5.74, 6) is 0.610. The summed E-state index contributed by atoms with van der Waals surface area (Å²) >= 11 is 5.12. The second kappa shape index (κ2) is 13.9. The van der Waals surface area contributed by atoms with Gasteiger partial charge in [0.15, 0.2) is 0 Å². The topological polar surface area (TPSA) is 30.7 Å². The van der Waals surface area contributed by atoms with E-state index >= 15 is 0 Å². The van der Waals surface area contributed by atoms with Crippen molar-refractivity contribution in [3.63, 3.8) is 0 Å². The fraction of sp³-hybridized carbons (Fsp3) is 0.320. The summed E-state index contributed by atoms with van der Waals surface area (Å²) in [5, 5.41) is 7.54. The minimum absolute atomic E-state index is 0.0660. The first-order valence-corrected chi connectivity index (χ1v) is 22.6. The maximum Gasteiger partial charge on any atom is 0.113 e. The second-order valence-electron chi connectivity index (χ2n) is 18.2. The number of hydrogen-bond donors (Lipinski definition) is 0. The molecule has 56 heavy (non-hydrogen) atoms. The first kappa shape index (κ1) is 37.2. The van der Waals surface area contributed by atoms with E-state index in [0.717, 1.165) is 23.9 Å². The molecule has 0 aliphatic heterocycles. The molecule has 1 unspecified atom stereocenters. The summed E-state index contributed by atoms with van der Waals surface area (Å²) in [7, 11) is 0. The lowest BCUT2D eigenvalue weighted by molar-refractivity contribution is 0.391. The van der Waals surface area contributed by atoms with Crippen molar-refractivity contribution in [1.29, 1.82) is 0 Å². The molecule has 0 aliphatic carbocycles. The summed E-state index contributed by atoms with van der Waals surface area (Å²) in [6, 6.07) is 37.9. The van der Waals surface area contributed by atoms with Crippen LogP contribution in [0.4, 0.5) is 0 Å². The largest absolute Gasteiger partial charge is 0.337 e. The van der Waals surface area contributed by atoms with Crippen molar-refractivity contribution in [1.82, 2.24) is 13.3 Å². The van der Waals surface area contributed by atoms with Gasteiger partial charge in [-0.1, -0.05) is 117 Å². The molecule has 0 amide bonds. The highest BCUT2D eigenvalue weighted by molar-refractivity contribution is 7.18. The Morgan fingerprint density at radius 3 is 1.61 bits per heavy atom. The molecule has 3 nitrogen and oxygen atoms in total. The van der Waals surface area contributed by atoms with Gasteiger partial charge in [0, 0.05) is 47.1 Å². The van der Waals surface area contributed by atoms with Gasteiger partial charge < -0.3 is 4.57 Å². The van der Waals surface area contributed by atoms with Crippen LogP contribution < -0.4 is 0 Å². The number of nitrogens with zero attached hydrogens (tertiary/aromatic N) is 3. The Morgan fingerprint density at radius 2 is 1.07 bits per heavy atom. The Kier molecular flexibility index (Phi) is 9.26. The number of rotatable bonds is 8. The molecule has 0 saturated heterocycles. The summed E-state index contributed by atoms with van der Waals surface area (Å²) in [4.78, 5) is 5.33. The van der Waals surface area contributed by atoms with Crippen LogP contribution in [0.25, 0.3) is 85.7 Å². The van der Waals surface area contributed by atoms with Gasteiger partial charge in [-0.3, -0.25) is 0 Å². The molecule has 5 aromatic carbocycles. The fourth-order valence-electron chi connectivity index (χ4n) is 8.63. The van der Waals surface area contributed by atoms with E-state index in [2.05, 4.69) is 164 Å². The molecule has 0 saturated carbocycles. The van der Waals surface area contributed by atoms with E-state index in [9.17, 15) is 0 Å². The zero-order chi connectivity index (χ0) is 39.1. The van der Waals surface area contributed by atoms with Gasteiger partial charge in [0.25, 0.3) is 0 Å². The molecule has 0 bridgehead atoms. The minimum Gasteiger partial charge on any atom is -0.337 e. The van der Waals surface area contributed by atoms with Crippen LogP contribution in [0.5, 0.6) is 0 Å². The molecule has 0 radical (unpaired) electrons. The van der Waals surface area contributed by atoms with Crippen LogP contribution in [0, 0.1) is 5.92 Å². The highest BCUT2D eigenvalue weighted by Gasteiger charge is 2.23. The second-order valence-corrected chi connectivity index (χ2v) is 20.9. The van der Waals surface area contributed by atoms with Crippen molar-refractivity contribution in [2.75, 3.05) is 0 Å². The van der Waals surface area contributed by atoms with Gasteiger partial charge in [0.1, 0.15) is 11.0 Å². The quantitative estimate of drug-likeness (QED) is 0.144. The Morgan fingerprint density at radius 1 is 0.554 bits per heavy atom. The van der Waals surface area contributed by atoms with Gasteiger partial charge in [-0.05, 0) is 111 Å². The average Bonchev–Trinajstić information content (AvgIpc) is 3.99. The Labute approximate surface area is 343 Å². The first-order valence-electron chi connectivity index (χ1n) is 20.2. The third kappa shape index (κ3) is 6.48. The molecule has 0 fully saturated rings. The van der Waals surface area contributed by atoms with Crippen molar-refractivity contribution in [3.8, 4) is 31.3 Å². The molecule has 6 heteroatoms. The molecule has 284 valence electrons. The number of hydrogen-bond acceptors (Lipinski definition) is 5. The Bertz CT molecular complexity index is 2920. The van der Waals surface area contributed by atoms with Crippen LogP contribution in [0.1, 0.15) is 98.1 Å². The molecule has 9 rings (SSSR count). The molecule has 4 aromatic heterocycles. The molecule has 0 N–H and O–H groups in total. The number of benzene rings is 5. The number of aromatic nitrogens is 3. The van der Waals surface area contributed by atoms with Crippen LogP contribution in [-0.4, -0.2) is 13.3 Å². The van der Waals surface area contributed by atoms with Gasteiger partial charge in [-0.15, -0.1) is 22.7 Å². The lowest BCUT2D eigenvalue weighted by atomic mass is 9.85. The van der Waals surface area contributed by atoms with E-state index in [1.165, 1.54) is 103 Å². The van der Waals surface area contributed by atoms with E-state index < -0.39 is 0 Å². The SMILES string of the molecule is CCCC(CC(C)C)n1c2cc(-c3ccc(-c4ccc5c6ccc(C(C)(C)C)cc6c6nsnc6c5c4)s3)ccc2c2ccc(-c3ccc(C(C)(C)C)s3)cc21. The first-order chi connectivity index (χ1) is 26.8. The third-order valence-electron chi connectivity index (χ3n) is 11.5. The molecule has 9 aromatic rings. The van der Waals surface area contributed by atoms with E-state index in [1.54, 1.807) is 0 Å². The molecular weight excluding hydrogens is 739 g/mol. The van der Waals surface area contributed by atoms with Crippen LogP contribution >= 0.6 is 34.4 Å². The van der Waals surface area contributed by atoms with Crippen molar-refractivity contribution < 1.29 is 0 Å². The highest BCUT2D eigenvalue weighted by Crippen LogP contribution is 2.44. The van der Waals surface area contributed by atoms with Crippen LogP contribution in [-0.2, 0) is 10.8 Å². The molecular formula is C50H51N3S3. The van der Waals surface area contributed by atoms with E-state index in [0.29, 0.717) is 12.0 Å². The molecule has 4 heterocycles. The minimum atomic E-state index is 0.0660. The highest BCUT2D eigenvalue weighted by atomic mass is 32.1. The summed E-state index contributed by atoms with van der Waals surface area (Å²) in [6.07, 6.45) is 3.49. The van der Waals surface area contributed by atoms with Gasteiger partial charge in [-0.25, -0.2) is 0 Å². The van der Waals surface area contributed by atoms with Crippen molar-refractivity contribution >= 4 is 88.8 Å². The van der Waals surface area contributed by atoms with E-state index in [4.69, 9.17) is 8.75 Å². The van der Waals surface area contributed by atoms with Crippen LogP contribution in [0.3, 0.4) is 0 Å². The van der Waals surface area contributed by atoms with Crippen molar-refractivity contribution in [2.45, 2.75) is 98.4 Å². The maximum atomic E-state index is 4.84. The fourth-order valence-corrected chi connectivity index (χ4v) is 11.3. The zero-order valence-corrected chi connectivity index (χ0v) is 36.5. The van der Waals surface area contributed by atoms with Gasteiger partial charge in [0.2, 0.25) is 0 Å². The smallest absolute Gasteiger partial charge is 0.113 e. The molecule has 0 aliphatic rings. The summed E-state index contributed by atoms with van der Waals surface area (Å²) in [6.45, 7) is 20.8.